The van der Waals surface area contributed by atoms with Crippen LogP contribution in [0.15, 0.2) is 12.1 Å². The number of benzene rings is 1. The quantitative estimate of drug-likeness (QED) is 0.299. The normalized spacial score (nSPS) is 53.7. The molecule has 0 radical (unpaired) electrons. The highest BCUT2D eigenvalue weighted by Gasteiger charge is 2.71. The highest BCUT2D eigenvalue weighted by Crippen LogP contribution is 2.65. The molecule has 1 aromatic carbocycles. The first-order valence-corrected chi connectivity index (χ1v) is 18.6. The molecule has 2 spiro atoms. The molecule has 4 bridgehead atoms. The predicted octanol–water partition coefficient (Wildman–Crippen LogP) is 7.55. The molecule has 0 N–H and O–H groups in total. The molecule has 0 aromatic heterocycles. The molecule has 2 aliphatic carbocycles. The van der Waals surface area contributed by atoms with Gasteiger partial charge in [-0.1, -0.05) is 27.7 Å². The monoisotopic (exact) mass is 670 g/mol. The van der Waals surface area contributed by atoms with Crippen LogP contribution in [0.1, 0.15) is 116 Å². The van der Waals surface area contributed by atoms with E-state index in [1.807, 2.05) is 19.9 Å². The second-order valence-corrected chi connectivity index (χ2v) is 17.0. The van der Waals surface area contributed by atoms with Gasteiger partial charge in [-0.3, -0.25) is 0 Å². The molecule has 48 heavy (non-hydrogen) atoms. The number of methoxy groups -OCH3 is 2. The van der Waals surface area contributed by atoms with Crippen LogP contribution in [0.5, 0.6) is 11.5 Å². The van der Waals surface area contributed by atoms with Crippen molar-refractivity contribution < 1.29 is 48.0 Å². The molecule has 10 aliphatic rings. The predicted molar refractivity (Wildman–Crippen MR) is 171 cm³/mol. The van der Waals surface area contributed by atoms with Crippen LogP contribution in [-0.4, -0.2) is 49.6 Å². The first-order valence-electron chi connectivity index (χ1n) is 18.6. The highest BCUT2D eigenvalue weighted by atomic mass is 17.3. The zero-order chi connectivity index (χ0) is 33.4. The van der Waals surface area contributed by atoms with Gasteiger partial charge in [0, 0.05) is 41.9 Å². The van der Waals surface area contributed by atoms with Gasteiger partial charge in [0.2, 0.25) is 11.6 Å². The van der Waals surface area contributed by atoms with E-state index in [1.54, 1.807) is 14.2 Å². The Morgan fingerprint density at radius 1 is 0.562 bits per heavy atom. The summed E-state index contributed by atoms with van der Waals surface area (Å²) in [6, 6.07) is 4.22. The largest absolute Gasteiger partial charge is 0.496 e. The van der Waals surface area contributed by atoms with Crippen LogP contribution < -0.4 is 9.47 Å². The average Bonchev–Trinajstić information content (AvgIpc) is 3.45. The van der Waals surface area contributed by atoms with Gasteiger partial charge in [0.05, 0.1) is 26.4 Å². The molecular formula is C38H54O10. The van der Waals surface area contributed by atoms with Gasteiger partial charge in [-0.05, 0) is 93.9 Å². The van der Waals surface area contributed by atoms with E-state index in [4.69, 9.17) is 48.0 Å². The van der Waals surface area contributed by atoms with E-state index >= 15 is 0 Å². The third-order valence-electron chi connectivity index (χ3n) is 14.5. The number of hydrogen-bond donors (Lipinski definition) is 0. The second-order valence-electron chi connectivity index (χ2n) is 17.0. The molecule has 2 saturated carbocycles. The Hall–Kier alpha value is -1.50. The van der Waals surface area contributed by atoms with Gasteiger partial charge in [-0.15, -0.1) is 0 Å². The maximum absolute atomic E-state index is 7.11. The lowest BCUT2D eigenvalue weighted by Crippen LogP contribution is -2.69. The van der Waals surface area contributed by atoms with Crippen LogP contribution >= 0.6 is 0 Å². The van der Waals surface area contributed by atoms with Crippen molar-refractivity contribution in [2.45, 2.75) is 140 Å². The van der Waals surface area contributed by atoms with Crippen molar-refractivity contribution >= 4 is 0 Å². The van der Waals surface area contributed by atoms with E-state index < -0.39 is 35.4 Å². The smallest absolute Gasteiger partial charge is 0.201 e. The Morgan fingerprint density at radius 3 is 1.42 bits per heavy atom. The lowest BCUT2D eigenvalue weighted by Gasteiger charge is -2.61. The summed E-state index contributed by atoms with van der Waals surface area (Å²) in [6.45, 7) is 13.2. The van der Waals surface area contributed by atoms with Gasteiger partial charge < -0.3 is 28.4 Å². The Bertz CT molecular complexity index is 1340. The maximum atomic E-state index is 7.11. The molecule has 10 nitrogen and oxygen atoms in total. The molecule has 8 aliphatic heterocycles. The molecular weight excluding hydrogens is 616 g/mol. The molecule has 10 fully saturated rings. The zero-order valence-corrected chi connectivity index (χ0v) is 29.8. The lowest BCUT2D eigenvalue weighted by atomic mass is 9.56. The molecule has 10 heteroatoms. The van der Waals surface area contributed by atoms with Crippen molar-refractivity contribution in [3.05, 3.63) is 23.3 Å². The number of hydrogen-bond acceptors (Lipinski definition) is 10. The fraction of sp³-hybridized carbons (Fsp3) is 0.842. The second kappa shape index (κ2) is 11.0. The van der Waals surface area contributed by atoms with Gasteiger partial charge >= 0.3 is 0 Å². The summed E-state index contributed by atoms with van der Waals surface area (Å²) < 4.78 is 39.8. The first-order chi connectivity index (χ1) is 23.0. The van der Waals surface area contributed by atoms with Crippen LogP contribution in [0, 0.1) is 47.3 Å². The van der Waals surface area contributed by atoms with Crippen LogP contribution in [0.25, 0.3) is 0 Å². The summed E-state index contributed by atoms with van der Waals surface area (Å²) in [5.74, 6) is 1.99. The minimum atomic E-state index is -0.838. The molecule has 0 amide bonds. The summed E-state index contributed by atoms with van der Waals surface area (Å²) in [4.78, 5) is 25.1. The average molecular weight is 671 g/mol. The van der Waals surface area contributed by atoms with E-state index in [1.165, 1.54) is 0 Å². The minimum absolute atomic E-state index is 0.112. The third-order valence-corrected chi connectivity index (χ3v) is 14.5. The highest BCUT2D eigenvalue weighted by molar-refractivity contribution is 5.50. The molecule has 8 saturated heterocycles. The summed E-state index contributed by atoms with van der Waals surface area (Å²) in [5.41, 5.74) is 0.679. The lowest BCUT2D eigenvalue weighted by molar-refractivity contribution is -0.571. The van der Waals surface area contributed by atoms with E-state index in [9.17, 15) is 0 Å². The Kier molecular flexibility index (Phi) is 7.43. The zero-order valence-electron chi connectivity index (χ0n) is 29.8. The van der Waals surface area contributed by atoms with Crippen molar-refractivity contribution in [3.8, 4) is 11.5 Å². The summed E-state index contributed by atoms with van der Waals surface area (Å²) >= 11 is 0. The van der Waals surface area contributed by atoms with E-state index in [0.29, 0.717) is 23.7 Å². The van der Waals surface area contributed by atoms with Crippen LogP contribution in [0.2, 0.25) is 0 Å². The van der Waals surface area contributed by atoms with E-state index in [-0.39, 0.29) is 35.9 Å². The fourth-order valence-electron chi connectivity index (χ4n) is 11.9. The van der Waals surface area contributed by atoms with Crippen molar-refractivity contribution in [1.29, 1.82) is 0 Å². The van der Waals surface area contributed by atoms with Gasteiger partial charge in [0.25, 0.3) is 0 Å². The Balaban J connectivity index is 1.12. The number of rotatable bonds is 4. The van der Waals surface area contributed by atoms with Crippen molar-refractivity contribution in [1.82, 2.24) is 0 Å². The van der Waals surface area contributed by atoms with E-state index in [0.717, 1.165) is 74.0 Å². The summed E-state index contributed by atoms with van der Waals surface area (Å²) in [5, 5.41) is 0. The van der Waals surface area contributed by atoms with Crippen LogP contribution in [-0.2, 0) is 38.5 Å². The van der Waals surface area contributed by atoms with Crippen LogP contribution in [0.4, 0.5) is 0 Å². The summed E-state index contributed by atoms with van der Waals surface area (Å²) in [6.07, 6.45) is 6.21. The van der Waals surface area contributed by atoms with Crippen molar-refractivity contribution in [2.24, 2.45) is 47.3 Å². The maximum Gasteiger partial charge on any atom is 0.201 e. The first kappa shape index (κ1) is 32.4. The summed E-state index contributed by atoms with van der Waals surface area (Å²) in [7, 11) is 3.43. The Morgan fingerprint density at radius 2 is 1.00 bits per heavy atom. The van der Waals surface area contributed by atoms with Gasteiger partial charge in [-0.25, -0.2) is 19.6 Å². The van der Waals surface area contributed by atoms with Gasteiger partial charge in [0.15, 0.2) is 23.8 Å². The SMILES string of the molecule is COc1cc(OC)c(C2O[C@@H]3O[C@]4(C)CC[C@H]5[C@H](C)CC[C@@H]([C@H]2C)[C@@]35OO4)cc1C1O[C@@H]2O[C@]3(C)CC[C@H]4[C@H](C)CC[C@@H]([C@H]1C)[C@@]24OO3. The van der Waals surface area contributed by atoms with Crippen molar-refractivity contribution in [3.63, 3.8) is 0 Å². The van der Waals surface area contributed by atoms with Gasteiger partial charge in [-0.2, -0.15) is 0 Å². The fourth-order valence-corrected chi connectivity index (χ4v) is 11.9. The van der Waals surface area contributed by atoms with Crippen LogP contribution in [0.3, 0.4) is 0 Å². The third kappa shape index (κ3) is 4.27. The molecule has 266 valence electrons. The number of fused-ring (bicyclic) bond motifs is 4. The molecule has 11 rings (SSSR count). The topological polar surface area (TPSA) is 92.3 Å². The van der Waals surface area contributed by atoms with Gasteiger partial charge in [0.1, 0.15) is 11.5 Å². The molecule has 2 unspecified atom stereocenters. The van der Waals surface area contributed by atoms with Crippen molar-refractivity contribution in [2.75, 3.05) is 14.2 Å². The Labute approximate surface area is 284 Å². The number of ether oxygens (including phenoxy) is 6. The molecule has 16 atom stereocenters. The molecule has 8 heterocycles. The standard InChI is InChI=1S/C38H54O10/c1-19-9-11-27-21(3)31(41-33-37(27)25(19)13-15-35(5,43-33)45-47-37)23-17-24(30(40-8)18-29(23)39-7)32-22(4)28-12-10-20(2)26-14-16-36(6)44-34(42-32)38(26,28)48-46-36/h17-22,25-28,31-34H,9-16H2,1-8H3/t19-,20-,21-,22-,25+,26+,27+,28+,31?,32?,33-,34-,35+,36+,37-,38-/m1/s1. The molecule has 1 aromatic rings. The minimum Gasteiger partial charge on any atom is -0.496 e. The van der Waals surface area contributed by atoms with E-state index in [2.05, 4.69) is 33.8 Å².